The van der Waals surface area contributed by atoms with Crippen molar-refractivity contribution in [1.29, 1.82) is 0 Å². The number of likely N-dealkylation sites (N-methyl/N-ethyl adjacent to an activating group) is 1. The van der Waals surface area contributed by atoms with Crippen LogP contribution in [-0.2, 0) is 9.84 Å². The number of anilines is 4. The second-order valence-corrected chi connectivity index (χ2v) is 16.2. The number of aromatic nitrogens is 2. The van der Waals surface area contributed by atoms with Crippen LogP contribution >= 0.6 is 11.6 Å². The normalized spacial score (nSPS) is 20.8. The zero-order chi connectivity index (χ0) is 32.0. The minimum Gasteiger partial charge on any atom is -0.489 e. The van der Waals surface area contributed by atoms with Gasteiger partial charge in [-0.1, -0.05) is 29.8 Å². The summed E-state index contributed by atoms with van der Waals surface area (Å²) in [6.45, 7) is 9.52. The van der Waals surface area contributed by atoms with E-state index in [1.165, 1.54) is 43.0 Å². The summed E-state index contributed by atoms with van der Waals surface area (Å²) in [6.07, 6.45) is 10.3. The number of hydrogen-bond donors (Lipinski definition) is 2. The number of benzene rings is 2. The summed E-state index contributed by atoms with van der Waals surface area (Å²) in [6, 6.07) is 12.1. The van der Waals surface area contributed by atoms with Gasteiger partial charge < -0.3 is 15.4 Å². The molecule has 0 bridgehead atoms. The minimum atomic E-state index is -3.54. The molecule has 240 valence electrons. The number of halogens is 1. The summed E-state index contributed by atoms with van der Waals surface area (Å²) in [7, 11) is -1.21. The monoisotopic (exact) mass is 649 g/mol. The van der Waals surface area contributed by atoms with E-state index in [2.05, 4.69) is 57.7 Å². The van der Waals surface area contributed by atoms with Gasteiger partial charge in [0.2, 0.25) is 5.95 Å². The van der Waals surface area contributed by atoms with Gasteiger partial charge in [0.15, 0.2) is 15.7 Å². The topological polar surface area (TPSA) is 96.5 Å². The summed E-state index contributed by atoms with van der Waals surface area (Å²) >= 11 is 6.50. The van der Waals surface area contributed by atoms with Crippen LogP contribution in [0.2, 0.25) is 5.02 Å². The molecule has 2 fully saturated rings. The third-order valence-corrected chi connectivity index (χ3v) is 11.6. The standard InChI is InChI=1S/C35H44ClN5O3S/c1-20(2)44-32-18-26(25-16-30(23-11-12-23)41(6)31(17-25)24-13-14-24)22(5)15-29(32)39-35-37-19-27(36)34(40-35)38-28-9-7-8-10-33(28)45(42,43)21(3)4/h7-10,15-16,18-21,23-24,30-31H,11-14,17H2,1-6H3,(H2,37,38,39,40)/t30-,31-/m1/s1. The largest absolute Gasteiger partial charge is 0.489 e. The van der Waals surface area contributed by atoms with Gasteiger partial charge in [0.05, 0.1) is 33.8 Å². The molecule has 3 aliphatic rings. The molecular weight excluding hydrogens is 606 g/mol. The molecule has 45 heavy (non-hydrogen) atoms. The van der Waals surface area contributed by atoms with Crippen molar-refractivity contribution in [1.82, 2.24) is 14.9 Å². The maximum atomic E-state index is 13.0. The molecule has 2 aromatic carbocycles. The van der Waals surface area contributed by atoms with Gasteiger partial charge in [0, 0.05) is 12.1 Å². The molecule has 10 heteroatoms. The number of ether oxygens (including phenoxy) is 1. The first-order valence-electron chi connectivity index (χ1n) is 16.1. The molecule has 2 saturated carbocycles. The number of sulfone groups is 1. The molecule has 2 heterocycles. The fraction of sp³-hybridized carbons (Fsp3) is 0.486. The molecule has 2 atom stereocenters. The number of para-hydroxylation sites is 1. The highest BCUT2D eigenvalue weighted by Crippen LogP contribution is 2.48. The van der Waals surface area contributed by atoms with Crippen LogP contribution in [-0.4, -0.2) is 53.8 Å². The van der Waals surface area contributed by atoms with Crippen LogP contribution in [0.25, 0.3) is 5.57 Å². The molecular formula is C35H44ClN5O3S. The minimum absolute atomic E-state index is 0.0335. The summed E-state index contributed by atoms with van der Waals surface area (Å²) in [5.41, 5.74) is 4.98. The van der Waals surface area contributed by atoms with Crippen molar-refractivity contribution in [3.8, 4) is 5.75 Å². The first kappa shape index (κ1) is 31.8. The van der Waals surface area contributed by atoms with Gasteiger partial charge in [0.1, 0.15) is 10.8 Å². The van der Waals surface area contributed by atoms with E-state index in [1.807, 2.05) is 13.8 Å². The Labute approximate surface area is 272 Å². The fourth-order valence-electron chi connectivity index (χ4n) is 6.39. The van der Waals surface area contributed by atoms with Gasteiger partial charge in [-0.15, -0.1) is 0 Å². The molecule has 2 aliphatic carbocycles. The van der Waals surface area contributed by atoms with Gasteiger partial charge >= 0.3 is 0 Å². The van der Waals surface area contributed by atoms with Crippen LogP contribution in [0.15, 0.2) is 53.6 Å². The molecule has 0 spiro atoms. The first-order chi connectivity index (χ1) is 21.4. The maximum Gasteiger partial charge on any atom is 0.229 e. The van der Waals surface area contributed by atoms with Crippen molar-refractivity contribution < 1.29 is 13.2 Å². The van der Waals surface area contributed by atoms with Gasteiger partial charge in [-0.25, -0.2) is 13.4 Å². The van der Waals surface area contributed by atoms with Crippen molar-refractivity contribution in [2.45, 2.75) is 95.1 Å². The number of hydrogen-bond acceptors (Lipinski definition) is 8. The highest BCUT2D eigenvalue weighted by molar-refractivity contribution is 7.92. The Morgan fingerprint density at radius 3 is 2.38 bits per heavy atom. The van der Waals surface area contributed by atoms with E-state index in [9.17, 15) is 8.42 Å². The van der Waals surface area contributed by atoms with Crippen molar-refractivity contribution in [3.05, 3.63) is 64.8 Å². The third-order valence-electron chi connectivity index (χ3n) is 9.16. The zero-order valence-electron chi connectivity index (χ0n) is 27.0. The van der Waals surface area contributed by atoms with Crippen LogP contribution in [0.4, 0.5) is 23.1 Å². The molecule has 6 rings (SSSR count). The van der Waals surface area contributed by atoms with Gasteiger partial charge in [0.25, 0.3) is 0 Å². The Kier molecular flexibility index (Phi) is 8.89. The SMILES string of the molecule is Cc1cc(Nc2ncc(Cl)c(Nc3ccccc3S(=O)(=O)C(C)C)n2)c(OC(C)C)cc1C1=C[C@H](C2CC2)N(C)[C@@H](C2CC2)C1. The highest BCUT2D eigenvalue weighted by atomic mass is 35.5. The zero-order valence-corrected chi connectivity index (χ0v) is 28.5. The third kappa shape index (κ3) is 6.86. The molecule has 2 N–H and O–H groups in total. The number of aryl methyl sites for hydroxylation is 1. The summed E-state index contributed by atoms with van der Waals surface area (Å²) in [4.78, 5) is 11.9. The highest BCUT2D eigenvalue weighted by Gasteiger charge is 2.43. The van der Waals surface area contributed by atoms with Crippen molar-refractivity contribution in [2.75, 3.05) is 17.7 Å². The van der Waals surface area contributed by atoms with E-state index in [0.717, 1.165) is 35.3 Å². The Balaban J connectivity index is 1.31. The Morgan fingerprint density at radius 1 is 1.00 bits per heavy atom. The molecule has 3 aromatic rings. The van der Waals surface area contributed by atoms with E-state index in [4.69, 9.17) is 16.3 Å². The quantitative estimate of drug-likeness (QED) is 0.215. The summed E-state index contributed by atoms with van der Waals surface area (Å²) in [5.74, 6) is 2.91. The first-order valence-corrected chi connectivity index (χ1v) is 18.0. The van der Waals surface area contributed by atoms with Crippen LogP contribution in [0.1, 0.15) is 70.9 Å². The van der Waals surface area contributed by atoms with Crippen LogP contribution in [0.5, 0.6) is 5.75 Å². The Morgan fingerprint density at radius 2 is 1.71 bits per heavy atom. The fourth-order valence-corrected chi connectivity index (χ4v) is 7.73. The number of nitrogens with zero attached hydrogens (tertiary/aromatic N) is 3. The van der Waals surface area contributed by atoms with Crippen molar-refractivity contribution in [2.24, 2.45) is 11.8 Å². The van der Waals surface area contributed by atoms with Crippen LogP contribution in [0.3, 0.4) is 0 Å². The van der Waals surface area contributed by atoms with Crippen LogP contribution < -0.4 is 15.4 Å². The van der Waals surface area contributed by atoms with E-state index in [-0.39, 0.29) is 16.0 Å². The van der Waals surface area contributed by atoms with Gasteiger partial charge in [-0.05, 0) is 127 Å². The van der Waals surface area contributed by atoms with Crippen LogP contribution in [0, 0.1) is 18.8 Å². The maximum absolute atomic E-state index is 13.0. The number of nitrogens with one attached hydrogen (secondary N) is 2. The van der Waals surface area contributed by atoms with Crippen molar-refractivity contribution >= 4 is 50.2 Å². The van der Waals surface area contributed by atoms with E-state index >= 15 is 0 Å². The number of rotatable bonds is 11. The van der Waals surface area contributed by atoms with E-state index in [0.29, 0.717) is 29.5 Å². The summed E-state index contributed by atoms with van der Waals surface area (Å²) < 4.78 is 32.4. The summed E-state index contributed by atoms with van der Waals surface area (Å²) in [5, 5.41) is 6.18. The molecule has 0 amide bonds. The molecule has 0 unspecified atom stereocenters. The van der Waals surface area contributed by atoms with Gasteiger partial charge in [-0.3, -0.25) is 4.90 Å². The second kappa shape index (κ2) is 12.6. The average molecular weight is 650 g/mol. The molecule has 0 saturated heterocycles. The van der Waals surface area contributed by atoms with Gasteiger partial charge in [-0.2, -0.15) is 4.98 Å². The molecule has 0 radical (unpaired) electrons. The molecule has 8 nitrogen and oxygen atoms in total. The lowest BCUT2D eigenvalue weighted by atomic mass is 9.85. The lowest BCUT2D eigenvalue weighted by molar-refractivity contribution is 0.160. The van der Waals surface area contributed by atoms with E-state index in [1.54, 1.807) is 38.1 Å². The lowest BCUT2D eigenvalue weighted by Gasteiger charge is -2.39. The lowest BCUT2D eigenvalue weighted by Crippen LogP contribution is -2.44. The Hall–Kier alpha value is -3.14. The molecule has 1 aromatic heterocycles. The molecule has 1 aliphatic heterocycles. The second-order valence-electron chi connectivity index (χ2n) is 13.4. The predicted octanol–water partition coefficient (Wildman–Crippen LogP) is 8.17. The van der Waals surface area contributed by atoms with E-state index < -0.39 is 15.1 Å². The average Bonchev–Trinajstić information content (AvgIpc) is 3.90. The predicted molar refractivity (Wildman–Crippen MR) is 183 cm³/mol. The smallest absolute Gasteiger partial charge is 0.229 e. The Bertz CT molecular complexity index is 1720. The van der Waals surface area contributed by atoms with Crippen molar-refractivity contribution in [3.63, 3.8) is 0 Å².